The molecule has 0 aliphatic carbocycles. The van der Waals surface area contributed by atoms with Crippen LogP contribution in [0.15, 0.2) is 59.7 Å². The number of pyridine rings is 2. The smallest absolute Gasteiger partial charge is 0.272 e. The van der Waals surface area contributed by atoms with E-state index in [1.807, 2.05) is 18.2 Å². The molecule has 0 atom stereocenters. The minimum Gasteiger partial charge on any atom is -0.321 e. The van der Waals surface area contributed by atoms with E-state index in [-0.39, 0.29) is 11.5 Å². The summed E-state index contributed by atoms with van der Waals surface area (Å²) in [6.07, 6.45) is 4.05. The summed E-state index contributed by atoms with van der Waals surface area (Å²) in [6, 6.07) is 12.6. The fourth-order valence-electron chi connectivity index (χ4n) is 2.73. The van der Waals surface area contributed by atoms with Crippen LogP contribution in [0, 0.1) is 5.92 Å². The Labute approximate surface area is 146 Å². The number of fused-ring (bicyclic) bond motifs is 1. The van der Waals surface area contributed by atoms with Crippen molar-refractivity contribution in [3.8, 4) is 0 Å². The third kappa shape index (κ3) is 3.76. The van der Waals surface area contributed by atoms with Gasteiger partial charge < -0.3 is 9.88 Å². The van der Waals surface area contributed by atoms with Gasteiger partial charge in [-0.05, 0) is 42.0 Å². The Morgan fingerprint density at radius 1 is 1.16 bits per heavy atom. The highest BCUT2D eigenvalue weighted by atomic mass is 16.2. The van der Waals surface area contributed by atoms with E-state index in [4.69, 9.17) is 0 Å². The van der Waals surface area contributed by atoms with Gasteiger partial charge in [0.2, 0.25) is 0 Å². The molecule has 0 saturated heterocycles. The first kappa shape index (κ1) is 16.9. The molecule has 0 radical (unpaired) electrons. The van der Waals surface area contributed by atoms with E-state index in [1.54, 1.807) is 41.2 Å². The fourth-order valence-corrected chi connectivity index (χ4v) is 2.73. The van der Waals surface area contributed by atoms with E-state index in [0.717, 1.165) is 11.8 Å². The summed E-state index contributed by atoms with van der Waals surface area (Å²) < 4.78 is 1.58. The van der Waals surface area contributed by atoms with Crippen molar-refractivity contribution in [2.75, 3.05) is 5.32 Å². The molecule has 5 nitrogen and oxygen atoms in total. The van der Waals surface area contributed by atoms with Gasteiger partial charge in [0.15, 0.2) is 0 Å². The molecular formula is C20H21N3O2. The Morgan fingerprint density at radius 2 is 1.88 bits per heavy atom. The van der Waals surface area contributed by atoms with Crippen LogP contribution >= 0.6 is 0 Å². The van der Waals surface area contributed by atoms with E-state index >= 15 is 0 Å². The van der Waals surface area contributed by atoms with E-state index < -0.39 is 0 Å². The third-order valence-electron chi connectivity index (χ3n) is 4.12. The molecule has 2 heterocycles. The lowest BCUT2D eigenvalue weighted by Gasteiger charge is -2.15. The average Bonchev–Trinajstić information content (AvgIpc) is 2.61. The maximum absolute atomic E-state index is 12.9. The lowest BCUT2D eigenvalue weighted by atomic mass is 10.1. The molecule has 25 heavy (non-hydrogen) atoms. The molecule has 0 saturated carbocycles. The van der Waals surface area contributed by atoms with E-state index in [9.17, 15) is 9.59 Å². The number of anilines is 1. The molecule has 5 heteroatoms. The molecule has 2 aromatic heterocycles. The predicted molar refractivity (Wildman–Crippen MR) is 99.9 cm³/mol. The van der Waals surface area contributed by atoms with Gasteiger partial charge in [-0.25, -0.2) is 0 Å². The molecule has 1 aromatic carbocycles. The van der Waals surface area contributed by atoms with Crippen LogP contribution in [0.3, 0.4) is 0 Å². The quantitative estimate of drug-likeness (QED) is 0.773. The summed E-state index contributed by atoms with van der Waals surface area (Å²) in [4.78, 5) is 29.6. The number of hydrogen-bond acceptors (Lipinski definition) is 3. The van der Waals surface area contributed by atoms with E-state index in [1.165, 1.54) is 0 Å². The molecule has 1 N–H and O–H groups in total. The number of rotatable bonds is 5. The number of nitrogens with one attached hydrogen (secondary N) is 1. The highest BCUT2D eigenvalue weighted by molar-refractivity contribution is 6.05. The van der Waals surface area contributed by atoms with E-state index in [0.29, 0.717) is 29.2 Å². The van der Waals surface area contributed by atoms with Crippen LogP contribution in [-0.2, 0) is 6.54 Å². The minimum absolute atomic E-state index is 0.126. The Bertz CT molecular complexity index is 946. The second kappa shape index (κ2) is 7.30. The molecule has 0 unspecified atom stereocenters. The van der Waals surface area contributed by atoms with Crippen molar-refractivity contribution in [3.63, 3.8) is 0 Å². The summed E-state index contributed by atoms with van der Waals surface area (Å²) >= 11 is 0. The molecule has 0 aliphatic rings. The summed E-state index contributed by atoms with van der Waals surface area (Å²) in [6.45, 7) is 4.71. The van der Waals surface area contributed by atoms with Gasteiger partial charge in [-0.1, -0.05) is 32.0 Å². The van der Waals surface area contributed by atoms with Gasteiger partial charge in [-0.15, -0.1) is 0 Å². The molecule has 0 bridgehead atoms. The number of nitrogens with zero attached hydrogens (tertiary/aromatic N) is 2. The second-order valence-electron chi connectivity index (χ2n) is 6.45. The average molecular weight is 335 g/mol. The van der Waals surface area contributed by atoms with Gasteiger partial charge in [-0.3, -0.25) is 14.6 Å². The zero-order valence-electron chi connectivity index (χ0n) is 14.4. The molecule has 0 spiro atoms. The molecular weight excluding hydrogens is 314 g/mol. The highest BCUT2D eigenvalue weighted by Gasteiger charge is 2.16. The summed E-state index contributed by atoms with van der Waals surface area (Å²) in [5.41, 5.74) is 0.899. The van der Waals surface area contributed by atoms with Crippen LogP contribution in [-0.4, -0.2) is 15.5 Å². The lowest BCUT2D eigenvalue weighted by Crippen LogP contribution is -2.29. The van der Waals surface area contributed by atoms with Crippen molar-refractivity contribution >= 4 is 22.4 Å². The van der Waals surface area contributed by atoms with Crippen molar-refractivity contribution in [3.05, 3.63) is 70.9 Å². The number of carbonyl (C=O) groups excluding carboxylic acids is 1. The zero-order chi connectivity index (χ0) is 17.8. The number of amides is 1. The van der Waals surface area contributed by atoms with Gasteiger partial charge in [0.1, 0.15) is 5.69 Å². The molecule has 0 fully saturated rings. The van der Waals surface area contributed by atoms with Crippen molar-refractivity contribution < 1.29 is 4.79 Å². The van der Waals surface area contributed by atoms with Crippen LogP contribution < -0.4 is 10.9 Å². The maximum atomic E-state index is 12.9. The maximum Gasteiger partial charge on any atom is 0.272 e. The normalized spacial score (nSPS) is 11.0. The second-order valence-corrected chi connectivity index (χ2v) is 6.45. The van der Waals surface area contributed by atoms with Crippen LogP contribution in [0.1, 0.15) is 30.8 Å². The number of benzene rings is 1. The van der Waals surface area contributed by atoms with Crippen molar-refractivity contribution in [1.82, 2.24) is 9.55 Å². The molecule has 3 rings (SSSR count). The number of aromatic nitrogens is 2. The SMILES string of the molecule is CC(C)CCn1c(C(=O)Nc2ccncc2)cc2ccccc2c1=O. The monoisotopic (exact) mass is 335 g/mol. The first-order chi connectivity index (χ1) is 12.1. The van der Waals surface area contributed by atoms with Crippen molar-refractivity contribution in [2.45, 2.75) is 26.8 Å². The third-order valence-corrected chi connectivity index (χ3v) is 4.12. The van der Waals surface area contributed by atoms with Gasteiger partial charge in [0.05, 0.1) is 0 Å². The van der Waals surface area contributed by atoms with Crippen LogP contribution in [0.4, 0.5) is 5.69 Å². The van der Waals surface area contributed by atoms with Gasteiger partial charge in [0, 0.05) is 30.0 Å². The summed E-state index contributed by atoms with van der Waals surface area (Å²) in [7, 11) is 0. The van der Waals surface area contributed by atoms with E-state index in [2.05, 4.69) is 24.1 Å². The number of carbonyl (C=O) groups is 1. The first-order valence-electron chi connectivity index (χ1n) is 8.40. The largest absolute Gasteiger partial charge is 0.321 e. The van der Waals surface area contributed by atoms with Gasteiger partial charge in [-0.2, -0.15) is 0 Å². The summed E-state index contributed by atoms with van der Waals surface area (Å²) in [5.74, 6) is 0.146. The zero-order valence-corrected chi connectivity index (χ0v) is 14.4. The molecule has 128 valence electrons. The Hall–Kier alpha value is -2.95. The molecule has 3 aromatic rings. The molecule has 1 amide bonds. The van der Waals surface area contributed by atoms with Crippen LogP contribution in [0.5, 0.6) is 0 Å². The van der Waals surface area contributed by atoms with Gasteiger partial charge in [0.25, 0.3) is 11.5 Å². The Kier molecular flexibility index (Phi) is 4.93. The van der Waals surface area contributed by atoms with Crippen LogP contribution in [0.2, 0.25) is 0 Å². The standard InChI is InChI=1S/C20H21N3O2/c1-14(2)9-12-23-18(19(24)22-16-7-10-21-11-8-16)13-15-5-3-4-6-17(15)20(23)25/h3-8,10-11,13-14H,9,12H2,1-2H3,(H,21,22,24). The summed E-state index contributed by atoms with van der Waals surface area (Å²) in [5, 5.41) is 4.24. The Balaban J connectivity index is 2.06. The minimum atomic E-state index is -0.294. The first-order valence-corrected chi connectivity index (χ1v) is 8.40. The van der Waals surface area contributed by atoms with Crippen molar-refractivity contribution in [1.29, 1.82) is 0 Å². The van der Waals surface area contributed by atoms with Gasteiger partial charge >= 0.3 is 0 Å². The highest BCUT2D eigenvalue weighted by Crippen LogP contribution is 2.15. The van der Waals surface area contributed by atoms with Crippen molar-refractivity contribution in [2.24, 2.45) is 5.92 Å². The van der Waals surface area contributed by atoms with Crippen LogP contribution in [0.25, 0.3) is 10.8 Å². The Morgan fingerprint density at radius 3 is 2.60 bits per heavy atom. The fraction of sp³-hybridized carbons (Fsp3) is 0.250. The lowest BCUT2D eigenvalue weighted by molar-refractivity contribution is 0.101. The number of hydrogen-bond donors (Lipinski definition) is 1. The molecule has 0 aliphatic heterocycles. The predicted octanol–water partition coefficient (Wildman–Crippen LogP) is 3.69. The topological polar surface area (TPSA) is 64.0 Å².